The van der Waals surface area contributed by atoms with Crippen LogP contribution < -0.4 is 5.73 Å². The van der Waals surface area contributed by atoms with Crippen molar-refractivity contribution in [2.45, 2.75) is 38.5 Å². The third kappa shape index (κ3) is 2.75. The van der Waals surface area contributed by atoms with E-state index < -0.39 is 5.41 Å². The van der Waals surface area contributed by atoms with Crippen molar-refractivity contribution in [3.8, 4) is 0 Å². The van der Waals surface area contributed by atoms with E-state index in [-0.39, 0.29) is 11.7 Å². The maximum absolute atomic E-state index is 12.9. The molecule has 0 aromatic rings. The number of nitrogens with zero attached hydrogens (tertiary/aromatic N) is 2. The number of amides is 1. The minimum absolute atomic E-state index is 0.0334. The Kier molecular flexibility index (Phi) is 4.86. The topological polar surface area (TPSA) is 88.2 Å². The summed E-state index contributed by atoms with van der Waals surface area (Å²) >= 11 is 0. The first-order valence-electron chi connectivity index (χ1n) is 7.40. The molecule has 1 unspecified atom stereocenters. The fourth-order valence-electron chi connectivity index (χ4n) is 3.52. The van der Waals surface area contributed by atoms with Crippen molar-refractivity contribution in [2.24, 2.45) is 22.2 Å². The Morgan fingerprint density at radius 3 is 2.75 bits per heavy atom. The molecule has 6 heteroatoms. The van der Waals surface area contributed by atoms with Crippen LogP contribution in [0.3, 0.4) is 0 Å². The zero-order chi connectivity index (χ0) is 14.6. The Balaban J connectivity index is 2.12. The van der Waals surface area contributed by atoms with E-state index in [0.29, 0.717) is 31.9 Å². The second-order valence-corrected chi connectivity index (χ2v) is 5.99. The molecule has 1 saturated heterocycles. The normalized spacial score (nSPS) is 26.8. The van der Waals surface area contributed by atoms with Crippen LogP contribution in [0.2, 0.25) is 0 Å². The quantitative estimate of drug-likeness (QED) is 0.351. The van der Waals surface area contributed by atoms with E-state index >= 15 is 0 Å². The fraction of sp³-hybridized carbons (Fsp3) is 0.857. The summed E-state index contributed by atoms with van der Waals surface area (Å²) < 4.78 is 5.17. The molecule has 1 aliphatic heterocycles. The van der Waals surface area contributed by atoms with E-state index in [0.717, 1.165) is 32.2 Å². The Bertz CT molecular complexity index is 378. The van der Waals surface area contributed by atoms with Gasteiger partial charge in [0.1, 0.15) is 5.41 Å². The van der Waals surface area contributed by atoms with E-state index in [1.54, 1.807) is 7.11 Å². The average molecular weight is 283 g/mol. The van der Waals surface area contributed by atoms with Gasteiger partial charge in [-0.25, -0.2) is 0 Å². The molecule has 2 rings (SSSR count). The number of carbonyl (C=O) groups excluding carboxylic acids is 1. The van der Waals surface area contributed by atoms with E-state index in [9.17, 15) is 4.79 Å². The van der Waals surface area contributed by atoms with E-state index in [2.05, 4.69) is 5.16 Å². The van der Waals surface area contributed by atoms with Gasteiger partial charge in [-0.05, 0) is 19.3 Å². The second-order valence-electron chi connectivity index (χ2n) is 5.99. The summed E-state index contributed by atoms with van der Waals surface area (Å²) in [7, 11) is 1.68. The number of carbonyl (C=O) groups is 1. The van der Waals surface area contributed by atoms with Gasteiger partial charge in [0, 0.05) is 26.1 Å². The third-order valence-electron chi connectivity index (χ3n) is 4.69. The van der Waals surface area contributed by atoms with Gasteiger partial charge >= 0.3 is 0 Å². The van der Waals surface area contributed by atoms with Crippen LogP contribution in [0.5, 0.6) is 0 Å². The Hall–Kier alpha value is -1.30. The van der Waals surface area contributed by atoms with Crippen LogP contribution in [0, 0.1) is 11.3 Å². The molecule has 0 aromatic heterocycles. The maximum atomic E-state index is 12.9. The molecule has 1 aliphatic carbocycles. The number of hydrogen-bond donors (Lipinski definition) is 2. The number of methoxy groups -OCH3 is 1. The summed E-state index contributed by atoms with van der Waals surface area (Å²) in [6.07, 6.45) is 5.36. The summed E-state index contributed by atoms with van der Waals surface area (Å²) in [4.78, 5) is 14.8. The lowest BCUT2D eigenvalue weighted by atomic mass is 9.72. The summed E-state index contributed by atoms with van der Waals surface area (Å²) in [5, 5.41) is 12.2. The fourth-order valence-corrected chi connectivity index (χ4v) is 3.52. The predicted molar refractivity (Wildman–Crippen MR) is 75.5 cm³/mol. The van der Waals surface area contributed by atoms with Crippen molar-refractivity contribution in [3.05, 3.63) is 0 Å². The number of ether oxygens (including phenoxy) is 1. The highest BCUT2D eigenvalue weighted by atomic mass is 16.5. The molecule has 1 heterocycles. The van der Waals surface area contributed by atoms with Gasteiger partial charge in [0.25, 0.3) is 0 Å². The smallest absolute Gasteiger partial charge is 0.236 e. The van der Waals surface area contributed by atoms with E-state index in [1.165, 1.54) is 0 Å². The van der Waals surface area contributed by atoms with Gasteiger partial charge in [0.15, 0.2) is 5.84 Å². The van der Waals surface area contributed by atoms with E-state index in [4.69, 9.17) is 15.7 Å². The Morgan fingerprint density at radius 2 is 2.15 bits per heavy atom. The zero-order valence-electron chi connectivity index (χ0n) is 12.2. The number of amidine groups is 1. The molecule has 3 N–H and O–H groups in total. The Morgan fingerprint density at radius 1 is 1.45 bits per heavy atom. The monoisotopic (exact) mass is 283 g/mol. The molecule has 0 aromatic carbocycles. The highest BCUT2D eigenvalue weighted by molar-refractivity contribution is 6.06. The van der Waals surface area contributed by atoms with Crippen molar-refractivity contribution >= 4 is 11.7 Å². The van der Waals surface area contributed by atoms with Crippen molar-refractivity contribution in [1.82, 2.24) is 4.90 Å². The summed E-state index contributed by atoms with van der Waals surface area (Å²) in [6, 6.07) is 0. The minimum Gasteiger partial charge on any atom is -0.409 e. The largest absolute Gasteiger partial charge is 0.409 e. The molecule has 0 spiro atoms. The third-order valence-corrected chi connectivity index (χ3v) is 4.69. The van der Waals surface area contributed by atoms with Crippen molar-refractivity contribution in [1.29, 1.82) is 0 Å². The molecule has 2 fully saturated rings. The summed E-state index contributed by atoms with van der Waals surface area (Å²) in [5.41, 5.74) is 5.09. The van der Waals surface area contributed by atoms with Crippen LogP contribution in [0.4, 0.5) is 0 Å². The van der Waals surface area contributed by atoms with Gasteiger partial charge in [-0.1, -0.05) is 24.4 Å². The van der Waals surface area contributed by atoms with Crippen LogP contribution in [0.25, 0.3) is 0 Å². The van der Waals surface area contributed by atoms with Crippen LogP contribution in [-0.4, -0.2) is 48.7 Å². The Labute approximate surface area is 119 Å². The van der Waals surface area contributed by atoms with Crippen molar-refractivity contribution in [2.75, 3.05) is 26.8 Å². The highest BCUT2D eigenvalue weighted by Crippen LogP contribution is 2.39. The molecule has 114 valence electrons. The molecular weight excluding hydrogens is 258 g/mol. The first kappa shape index (κ1) is 15.1. The molecule has 20 heavy (non-hydrogen) atoms. The molecule has 6 nitrogen and oxygen atoms in total. The first-order valence-corrected chi connectivity index (χ1v) is 7.40. The molecule has 1 saturated carbocycles. The molecule has 1 amide bonds. The van der Waals surface area contributed by atoms with Gasteiger partial charge < -0.3 is 20.6 Å². The van der Waals surface area contributed by atoms with Gasteiger partial charge in [0.05, 0.1) is 6.61 Å². The lowest BCUT2D eigenvalue weighted by Gasteiger charge is -2.37. The number of likely N-dealkylation sites (tertiary alicyclic amines) is 1. The van der Waals surface area contributed by atoms with Crippen LogP contribution in [0.15, 0.2) is 5.16 Å². The highest BCUT2D eigenvalue weighted by Gasteiger charge is 2.47. The zero-order valence-corrected chi connectivity index (χ0v) is 12.2. The van der Waals surface area contributed by atoms with Crippen LogP contribution >= 0.6 is 0 Å². The van der Waals surface area contributed by atoms with Gasteiger partial charge in [-0.15, -0.1) is 0 Å². The summed E-state index contributed by atoms with van der Waals surface area (Å²) in [6.45, 7) is 2.14. The van der Waals surface area contributed by atoms with Crippen molar-refractivity contribution in [3.63, 3.8) is 0 Å². The van der Waals surface area contributed by atoms with Gasteiger partial charge in [-0.3, -0.25) is 4.79 Å². The van der Waals surface area contributed by atoms with Crippen molar-refractivity contribution < 1.29 is 14.7 Å². The average Bonchev–Trinajstić information content (AvgIpc) is 2.95. The maximum Gasteiger partial charge on any atom is 0.236 e. The molecular formula is C14H25N3O3. The van der Waals surface area contributed by atoms with Gasteiger partial charge in [-0.2, -0.15) is 0 Å². The second kappa shape index (κ2) is 6.43. The minimum atomic E-state index is -0.783. The van der Waals surface area contributed by atoms with Crippen LogP contribution in [-0.2, 0) is 9.53 Å². The number of rotatable bonds is 4. The number of hydrogen-bond acceptors (Lipinski definition) is 4. The SMILES string of the molecule is COCC1CCN(C(=O)C2(C(N)=NO)CCCCC2)C1. The first-order chi connectivity index (χ1) is 9.64. The predicted octanol–water partition coefficient (Wildman–Crippen LogP) is 1.18. The van der Waals surface area contributed by atoms with E-state index in [1.807, 2.05) is 4.90 Å². The standard InChI is InChI=1S/C14H25N3O3/c1-20-10-11-5-8-17(9-11)13(18)14(12(15)16-19)6-3-2-4-7-14/h11,19H,2-10H2,1H3,(H2,15,16). The molecule has 1 atom stereocenters. The molecule has 2 aliphatic rings. The van der Waals surface area contributed by atoms with Gasteiger partial charge in [0.2, 0.25) is 5.91 Å². The van der Waals surface area contributed by atoms with Crippen LogP contribution in [0.1, 0.15) is 38.5 Å². The number of nitrogens with two attached hydrogens (primary N) is 1. The lowest BCUT2D eigenvalue weighted by Crippen LogP contribution is -2.52. The molecule has 0 bridgehead atoms. The number of oxime groups is 1. The molecule has 0 radical (unpaired) electrons. The lowest BCUT2D eigenvalue weighted by molar-refractivity contribution is -0.139. The summed E-state index contributed by atoms with van der Waals surface area (Å²) in [5.74, 6) is 0.514.